The van der Waals surface area contributed by atoms with Gasteiger partial charge in [0.15, 0.2) is 0 Å². The van der Waals surface area contributed by atoms with Crippen molar-refractivity contribution >= 4 is 10.0 Å². The summed E-state index contributed by atoms with van der Waals surface area (Å²) in [5.41, 5.74) is 0. The van der Waals surface area contributed by atoms with Gasteiger partial charge in [0.2, 0.25) is 10.0 Å². The number of sulfonamides is 1. The molecule has 1 atom stereocenters. The van der Waals surface area contributed by atoms with E-state index < -0.39 is 21.9 Å². The molecule has 5 nitrogen and oxygen atoms in total. The van der Waals surface area contributed by atoms with Gasteiger partial charge in [0.25, 0.3) is 0 Å². The Bertz CT molecular complexity index is 616. The van der Waals surface area contributed by atoms with Crippen molar-refractivity contribution in [3.63, 3.8) is 0 Å². The fourth-order valence-electron chi connectivity index (χ4n) is 2.82. The molecule has 1 saturated heterocycles. The molecule has 0 spiro atoms. The Morgan fingerprint density at radius 1 is 1.35 bits per heavy atom. The summed E-state index contributed by atoms with van der Waals surface area (Å²) in [6.45, 7) is 4.43. The molecule has 1 aliphatic heterocycles. The van der Waals surface area contributed by atoms with Gasteiger partial charge < -0.3 is 10.0 Å². The number of β-amino-alcohol motifs (C(OH)–C–C–N with tert-alkyl or cyclic N) is 1. The quantitative estimate of drug-likeness (QED) is 0.850. The highest BCUT2D eigenvalue weighted by atomic mass is 32.2. The molecule has 0 radical (unpaired) electrons. The molecule has 0 unspecified atom stereocenters. The second-order valence-electron chi connectivity index (χ2n) is 6.35. The minimum absolute atomic E-state index is 0.0529. The molecule has 0 saturated carbocycles. The van der Waals surface area contributed by atoms with Crippen LogP contribution in [0.3, 0.4) is 0 Å². The second-order valence-corrected chi connectivity index (χ2v) is 8.37. The van der Waals surface area contributed by atoms with Crippen LogP contribution < -0.4 is 0 Å². The van der Waals surface area contributed by atoms with E-state index >= 15 is 0 Å². The number of rotatable bonds is 6. The lowest BCUT2D eigenvalue weighted by Crippen LogP contribution is -2.43. The summed E-state index contributed by atoms with van der Waals surface area (Å²) in [5.74, 6) is -0.0774. The Labute approximate surface area is 137 Å². The summed E-state index contributed by atoms with van der Waals surface area (Å²) in [6, 6.07) is 5.28. The maximum absolute atomic E-state index is 13.7. The number of aliphatic hydroxyl groups excluding tert-OH is 1. The van der Waals surface area contributed by atoms with Crippen LogP contribution in [0.25, 0.3) is 0 Å². The highest BCUT2D eigenvalue weighted by Gasteiger charge is 2.27. The van der Waals surface area contributed by atoms with Gasteiger partial charge >= 0.3 is 0 Å². The highest BCUT2D eigenvalue weighted by molar-refractivity contribution is 7.89. The molecule has 1 fully saturated rings. The molecule has 23 heavy (non-hydrogen) atoms. The van der Waals surface area contributed by atoms with Gasteiger partial charge in [-0.2, -0.15) is 4.31 Å². The van der Waals surface area contributed by atoms with Crippen molar-refractivity contribution in [2.24, 2.45) is 5.92 Å². The predicted octanol–water partition coefficient (Wildman–Crippen LogP) is 1.54. The third kappa shape index (κ3) is 4.73. The third-order valence-electron chi connectivity index (χ3n) is 4.34. The van der Waals surface area contributed by atoms with Gasteiger partial charge in [-0.05, 0) is 44.0 Å². The van der Waals surface area contributed by atoms with Crippen LogP contribution in [-0.4, -0.2) is 62.1 Å². The summed E-state index contributed by atoms with van der Waals surface area (Å²) in [6.07, 6.45) is 1.39. The van der Waals surface area contributed by atoms with Crippen LogP contribution >= 0.6 is 0 Å². The largest absolute Gasteiger partial charge is 0.390 e. The molecule has 0 aliphatic carbocycles. The second kappa shape index (κ2) is 7.70. The summed E-state index contributed by atoms with van der Waals surface area (Å²) in [7, 11) is -2.57. The van der Waals surface area contributed by atoms with Crippen LogP contribution in [0.4, 0.5) is 4.39 Å². The first kappa shape index (κ1) is 18.3. The average Bonchev–Trinajstić information content (AvgIpc) is 2.49. The number of likely N-dealkylation sites (tertiary alicyclic amines) is 1. The number of benzene rings is 1. The number of aliphatic hydroxyl groups is 1. The van der Waals surface area contributed by atoms with E-state index in [4.69, 9.17) is 0 Å². The van der Waals surface area contributed by atoms with Crippen molar-refractivity contribution in [2.75, 3.05) is 33.2 Å². The first-order chi connectivity index (χ1) is 10.8. The molecular formula is C16H25FN2O3S. The van der Waals surface area contributed by atoms with E-state index in [-0.39, 0.29) is 11.4 Å². The molecule has 130 valence electrons. The number of hydrogen-bond acceptors (Lipinski definition) is 4. The standard InChI is InChI=1S/C16H25FN2O3S/c1-13-7-9-19(10-8-13)12-14(20)11-18(2)23(21,22)16-6-4-3-5-15(16)17/h3-6,13-14,20H,7-12H2,1-2H3/t14-/m1/s1. The summed E-state index contributed by atoms with van der Waals surface area (Å²) >= 11 is 0. The van der Waals surface area contributed by atoms with Crippen molar-refractivity contribution in [1.29, 1.82) is 0 Å². The van der Waals surface area contributed by atoms with E-state index in [1.165, 1.54) is 25.2 Å². The molecule has 0 aromatic heterocycles. The molecule has 2 rings (SSSR count). The van der Waals surface area contributed by atoms with Gasteiger partial charge in [-0.15, -0.1) is 0 Å². The van der Waals surface area contributed by atoms with Gasteiger partial charge in [0.05, 0.1) is 6.10 Å². The van der Waals surface area contributed by atoms with Crippen LogP contribution in [0.15, 0.2) is 29.2 Å². The highest BCUT2D eigenvalue weighted by Crippen LogP contribution is 2.19. The number of piperidine rings is 1. The van der Waals surface area contributed by atoms with E-state index in [1.807, 2.05) is 0 Å². The Morgan fingerprint density at radius 2 is 1.96 bits per heavy atom. The van der Waals surface area contributed by atoms with E-state index in [2.05, 4.69) is 11.8 Å². The van der Waals surface area contributed by atoms with Crippen LogP contribution in [0.5, 0.6) is 0 Å². The van der Waals surface area contributed by atoms with E-state index in [0.717, 1.165) is 36.3 Å². The Kier molecular flexibility index (Phi) is 6.13. The zero-order valence-electron chi connectivity index (χ0n) is 13.7. The van der Waals surface area contributed by atoms with Crippen molar-refractivity contribution in [1.82, 2.24) is 9.21 Å². The zero-order chi connectivity index (χ0) is 17.0. The van der Waals surface area contributed by atoms with Crippen molar-refractivity contribution in [2.45, 2.75) is 30.8 Å². The van der Waals surface area contributed by atoms with Crippen LogP contribution in [0.2, 0.25) is 0 Å². The topological polar surface area (TPSA) is 60.9 Å². The Hall–Kier alpha value is -1.02. The maximum Gasteiger partial charge on any atom is 0.245 e. The monoisotopic (exact) mass is 344 g/mol. The first-order valence-electron chi connectivity index (χ1n) is 7.92. The molecule has 1 aromatic rings. The van der Waals surface area contributed by atoms with E-state index in [9.17, 15) is 17.9 Å². The Balaban J connectivity index is 1.95. The lowest BCUT2D eigenvalue weighted by molar-refractivity contribution is 0.0812. The molecular weight excluding hydrogens is 319 g/mol. The fraction of sp³-hybridized carbons (Fsp3) is 0.625. The summed E-state index contributed by atoms with van der Waals surface area (Å²) < 4.78 is 39.5. The number of likely N-dealkylation sites (N-methyl/N-ethyl adjacent to an activating group) is 1. The molecule has 0 amide bonds. The van der Waals surface area contributed by atoms with Crippen molar-refractivity contribution in [3.8, 4) is 0 Å². The van der Waals surface area contributed by atoms with Crippen LogP contribution in [0, 0.1) is 11.7 Å². The van der Waals surface area contributed by atoms with Crippen molar-refractivity contribution in [3.05, 3.63) is 30.1 Å². The molecule has 1 aliphatic rings. The van der Waals surface area contributed by atoms with E-state index in [0.29, 0.717) is 12.5 Å². The van der Waals surface area contributed by atoms with Crippen molar-refractivity contribution < 1.29 is 17.9 Å². The van der Waals surface area contributed by atoms with Gasteiger partial charge in [-0.1, -0.05) is 19.1 Å². The minimum Gasteiger partial charge on any atom is -0.390 e. The summed E-state index contributed by atoms with van der Waals surface area (Å²) in [4.78, 5) is 1.79. The Morgan fingerprint density at radius 3 is 2.57 bits per heavy atom. The third-order valence-corrected chi connectivity index (χ3v) is 6.19. The van der Waals surface area contributed by atoms with E-state index in [1.54, 1.807) is 0 Å². The number of hydrogen-bond donors (Lipinski definition) is 1. The van der Waals surface area contributed by atoms with Gasteiger partial charge in [-0.3, -0.25) is 0 Å². The van der Waals surface area contributed by atoms with Gasteiger partial charge in [-0.25, -0.2) is 12.8 Å². The molecule has 7 heteroatoms. The normalized spacial score (nSPS) is 19.2. The molecule has 0 bridgehead atoms. The molecule has 1 aromatic carbocycles. The molecule has 1 N–H and O–H groups in total. The fourth-order valence-corrected chi connectivity index (χ4v) is 4.09. The smallest absolute Gasteiger partial charge is 0.245 e. The lowest BCUT2D eigenvalue weighted by Gasteiger charge is -2.32. The zero-order valence-corrected chi connectivity index (χ0v) is 14.5. The summed E-state index contributed by atoms with van der Waals surface area (Å²) in [5, 5.41) is 10.2. The maximum atomic E-state index is 13.7. The molecule has 1 heterocycles. The first-order valence-corrected chi connectivity index (χ1v) is 9.36. The van der Waals surface area contributed by atoms with Crippen LogP contribution in [0.1, 0.15) is 19.8 Å². The van der Waals surface area contributed by atoms with Crippen LogP contribution in [-0.2, 0) is 10.0 Å². The minimum atomic E-state index is -3.93. The number of halogens is 1. The lowest BCUT2D eigenvalue weighted by atomic mass is 9.99. The number of nitrogens with zero attached hydrogens (tertiary/aromatic N) is 2. The predicted molar refractivity (Wildman–Crippen MR) is 87.1 cm³/mol. The van der Waals surface area contributed by atoms with Gasteiger partial charge in [0, 0.05) is 20.1 Å². The van der Waals surface area contributed by atoms with Gasteiger partial charge in [0.1, 0.15) is 10.7 Å². The average molecular weight is 344 g/mol. The SMILES string of the molecule is CC1CCN(C[C@H](O)CN(C)S(=O)(=O)c2ccccc2F)CC1.